The van der Waals surface area contributed by atoms with E-state index < -0.39 is 11.7 Å². The predicted molar refractivity (Wildman–Crippen MR) is 64.7 cm³/mol. The molecule has 2 rings (SSSR count). The Morgan fingerprint density at radius 1 is 1.59 bits per heavy atom. The van der Waals surface area contributed by atoms with Crippen LogP contribution in [0.25, 0.3) is 0 Å². The quantitative estimate of drug-likeness (QED) is 0.903. The van der Waals surface area contributed by atoms with E-state index in [1.165, 1.54) is 6.07 Å². The van der Waals surface area contributed by atoms with Gasteiger partial charge in [0.1, 0.15) is 5.82 Å². The Labute approximate surface area is 105 Å². The summed E-state index contributed by atoms with van der Waals surface area (Å²) in [5.41, 5.74) is -0.218. The molecule has 0 aromatic heterocycles. The maximum absolute atomic E-state index is 13.6. The van der Waals surface area contributed by atoms with Crippen molar-refractivity contribution in [1.82, 2.24) is 0 Å². The second-order valence-corrected chi connectivity index (χ2v) is 5.09. The van der Waals surface area contributed by atoms with Crippen LogP contribution in [0.15, 0.2) is 18.2 Å². The molecule has 0 aliphatic carbocycles. The van der Waals surface area contributed by atoms with Crippen LogP contribution in [-0.2, 0) is 11.2 Å². The van der Waals surface area contributed by atoms with Gasteiger partial charge in [-0.25, -0.2) is 4.39 Å². The second kappa shape index (κ2) is 4.92. The molecule has 2 unspecified atom stereocenters. The highest BCUT2D eigenvalue weighted by molar-refractivity contribution is 6.31. The van der Waals surface area contributed by atoms with Gasteiger partial charge in [-0.05, 0) is 31.9 Å². The zero-order valence-electron chi connectivity index (χ0n) is 9.75. The van der Waals surface area contributed by atoms with Gasteiger partial charge in [-0.15, -0.1) is 0 Å². The summed E-state index contributed by atoms with van der Waals surface area (Å²) in [7, 11) is 0. The molecule has 2 atom stereocenters. The van der Waals surface area contributed by atoms with Crippen LogP contribution in [0.3, 0.4) is 0 Å². The first kappa shape index (κ1) is 12.8. The maximum atomic E-state index is 13.6. The van der Waals surface area contributed by atoms with Crippen molar-refractivity contribution in [3.05, 3.63) is 34.6 Å². The van der Waals surface area contributed by atoms with E-state index in [4.69, 9.17) is 16.3 Å². The van der Waals surface area contributed by atoms with Crippen LogP contribution in [0.4, 0.5) is 4.39 Å². The van der Waals surface area contributed by atoms with E-state index in [9.17, 15) is 9.50 Å². The van der Waals surface area contributed by atoms with Crippen molar-refractivity contribution < 1.29 is 14.2 Å². The number of halogens is 2. The Bertz CT molecular complexity index is 382. The summed E-state index contributed by atoms with van der Waals surface area (Å²) in [6.07, 6.45) is 1.17. The molecule has 2 nitrogen and oxygen atoms in total. The lowest BCUT2D eigenvalue weighted by Gasteiger charge is -2.29. The van der Waals surface area contributed by atoms with Crippen molar-refractivity contribution in [3.63, 3.8) is 0 Å². The van der Waals surface area contributed by atoms with Crippen molar-refractivity contribution in [2.75, 3.05) is 6.61 Å². The lowest BCUT2D eigenvalue weighted by molar-refractivity contribution is -0.0770. The number of hydrogen-bond acceptors (Lipinski definition) is 2. The molecule has 1 N–H and O–H groups in total. The number of hydrogen-bond donors (Lipinski definition) is 1. The number of rotatable bonds is 3. The first-order chi connectivity index (χ1) is 8.03. The van der Waals surface area contributed by atoms with Crippen LogP contribution in [0, 0.1) is 5.82 Å². The number of benzene rings is 1. The van der Waals surface area contributed by atoms with Gasteiger partial charge in [0.25, 0.3) is 0 Å². The molecule has 0 spiro atoms. The molecule has 0 amide bonds. The van der Waals surface area contributed by atoms with Gasteiger partial charge in [-0.1, -0.05) is 17.7 Å². The SMILES string of the molecule is CC1(C(O)Cc2c(F)cccc2Cl)CCCO1. The van der Waals surface area contributed by atoms with Crippen molar-refractivity contribution in [1.29, 1.82) is 0 Å². The number of aliphatic hydroxyl groups excluding tert-OH is 1. The van der Waals surface area contributed by atoms with Gasteiger partial charge >= 0.3 is 0 Å². The highest BCUT2D eigenvalue weighted by atomic mass is 35.5. The Balaban J connectivity index is 2.15. The highest BCUT2D eigenvalue weighted by Crippen LogP contribution is 2.32. The summed E-state index contributed by atoms with van der Waals surface area (Å²) in [6.45, 7) is 2.51. The van der Waals surface area contributed by atoms with Crippen LogP contribution in [-0.4, -0.2) is 23.4 Å². The Hall–Kier alpha value is -0.640. The molecule has 4 heteroatoms. The molecule has 0 bridgehead atoms. The molecule has 1 aromatic carbocycles. The smallest absolute Gasteiger partial charge is 0.127 e. The van der Waals surface area contributed by atoms with Crippen LogP contribution < -0.4 is 0 Å². The van der Waals surface area contributed by atoms with Crippen LogP contribution in [0.2, 0.25) is 5.02 Å². The normalized spacial score (nSPS) is 26.1. The topological polar surface area (TPSA) is 29.5 Å². The molecule has 1 aromatic rings. The van der Waals surface area contributed by atoms with Gasteiger partial charge in [0, 0.05) is 23.6 Å². The molecule has 1 aliphatic heterocycles. The van der Waals surface area contributed by atoms with E-state index in [0.717, 1.165) is 12.8 Å². The van der Waals surface area contributed by atoms with Gasteiger partial charge in [-0.3, -0.25) is 0 Å². The van der Waals surface area contributed by atoms with Gasteiger partial charge < -0.3 is 9.84 Å². The molecule has 17 heavy (non-hydrogen) atoms. The summed E-state index contributed by atoms with van der Waals surface area (Å²) in [5, 5.41) is 10.5. The van der Waals surface area contributed by atoms with Crippen molar-refractivity contribution in [2.45, 2.75) is 37.9 Å². The predicted octanol–water partition coefficient (Wildman–Crippen LogP) is 2.95. The average molecular weight is 259 g/mol. The lowest BCUT2D eigenvalue weighted by atomic mass is 9.90. The van der Waals surface area contributed by atoms with Gasteiger partial charge in [0.05, 0.1) is 11.7 Å². The molecule has 1 fully saturated rings. The number of aliphatic hydroxyl groups is 1. The van der Waals surface area contributed by atoms with E-state index in [0.29, 0.717) is 17.2 Å². The van der Waals surface area contributed by atoms with E-state index in [2.05, 4.69) is 0 Å². The zero-order valence-corrected chi connectivity index (χ0v) is 10.5. The van der Waals surface area contributed by atoms with Crippen LogP contribution >= 0.6 is 11.6 Å². The lowest BCUT2D eigenvalue weighted by Crippen LogP contribution is -2.40. The summed E-state index contributed by atoms with van der Waals surface area (Å²) < 4.78 is 19.1. The first-order valence-electron chi connectivity index (χ1n) is 5.78. The van der Waals surface area contributed by atoms with Crippen LogP contribution in [0.5, 0.6) is 0 Å². The summed E-state index contributed by atoms with van der Waals surface area (Å²) in [6, 6.07) is 4.54. The zero-order chi connectivity index (χ0) is 12.5. The van der Waals surface area contributed by atoms with Crippen molar-refractivity contribution in [2.24, 2.45) is 0 Å². The molecule has 1 aliphatic rings. The molecular formula is C13H16ClFO2. The minimum absolute atomic E-state index is 0.183. The fourth-order valence-corrected chi connectivity index (χ4v) is 2.44. The summed E-state index contributed by atoms with van der Waals surface area (Å²) in [5.74, 6) is -0.377. The van der Waals surface area contributed by atoms with Gasteiger partial charge in [0.2, 0.25) is 0 Å². The molecule has 94 valence electrons. The summed E-state index contributed by atoms with van der Waals surface area (Å²) in [4.78, 5) is 0. The van der Waals surface area contributed by atoms with E-state index in [-0.39, 0.29) is 12.2 Å². The molecule has 1 heterocycles. The third-order valence-electron chi connectivity index (χ3n) is 3.41. The average Bonchev–Trinajstić information content (AvgIpc) is 2.72. The third-order valence-corrected chi connectivity index (χ3v) is 3.77. The summed E-state index contributed by atoms with van der Waals surface area (Å²) >= 11 is 5.93. The Morgan fingerprint density at radius 3 is 2.94 bits per heavy atom. The molecule has 1 saturated heterocycles. The van der Waals surface area contributed by atoms with Gasteiger partial charge in [0.15, 0.2) is 0 Å². The maximum Gasteiger partial charge on any atom is 0.127 e. The standard InChI is InChI=1S/C13H16ClFO2/c1-13(6-3-7-17-13)12(16)8-9-10(14)4-2-5-11(9)15/h2,4-5,12,16H,3,6-8H2,1H3. The largest absolute Gasteiger partial charge is 0.390 e. The van der Waals surface area contributed by atoms with Crippen molar-refractivity contribution >= 4 is 11.6 Å². The monoisotopic (exact) mass is 258 g/mol. The Kier molecular flexibility index (Phi) is 3.71. The van der Waals surface area contributed by atoms with Crippen LogP contribution in [0.1, 0.15) is 25.3 Å². The Morgan fingerprint density at radius 2 is 2.35 bits per heavy atom. The second-order valence-electron chi connectivity index (χ2n) is 4.68. The fraction of sp³-hybridized carbons (Fsp3) is 0.538. The fourth-order valence-electron chi connectivity index (χ4n) is 2.20. The van der Waals surface area contributed by atoms with E-state index in [1.807, 2.05) is 6.92 Å². The molecule has 0 radical (unpaired) electrons. The third kappa shape index (κ3) is 2.62. The minimum Gasteiger partial charge on any atom is -0.390 e. The van der Waals surface area contributed by atoms with Gasteiger partial charge in [-0.2, -0.15) is 0 Å². The first-order valence-corrected chi connectivity index (χ1v) is 6.15. The van der Waals surface area contributed by atoms with E-state index in [1.54, 1.807) is 12.1 Å². The molecular weight excluding hydrogens is 243 g/mol. The highest BCUT2D eigenvalue weighted by Gasteiger charge is 2.37. The molecule has 0 saturated carbocycles. The van der Waals surface area contributed by atoms with Crippen molar-refractivity contribution in [3.8, 4) is 0 Å². The minimum atomic E-state index is -0.737. The van der Waals surface area contributed by atoms with E-state index >= 15 is 0 Å². The number of ether oxygens (including phenoxy) is 1.